The van der Waals surface area contributed by atoms with Crippen LogP contribution in [0.1, 0.15) is 56.3 Å². The Kier molecular flexibility index (Phi) is 7.64. The van der Waals surface area contributed by atoms with Gasteiger partial charge in [-0.2, -0.15) is 0 Å². The molecule has 7 heteroatoms. The number of benzene rings is 1. The number of rotatable bonds is 8. The van der Waals surface area contributed by atoms with Crippen LogP contribution in [0.4, 0.5) is 11.4 Å². The molecule has 1 aromatic carbocycles. The molecule has 0 aromatic heterocycles. The lowest BCUT2D eigenvalue weighted by Gasteiger charge is -2.33. The van der Waals surface area contributed by atoms with Crippen LogP contribution in [0.25, 0.3) is 0 Å². The summed E-state index contributed by atoms with van der Waals surface area (Å²) in [5, 5.41) is 12.3. The van der Waals surface area contributed by atoms with Crippen LogP contribution in [-0.2, 0) is 14.3 Å². The average molecular weight is 376 g/mol. The van der Waals surface area contributed by atoms with Crippen LogP contribution in [0.3, 0.4) is 0 Å². The van der Waals surface area contributed by atoms with E-state index in [1.165, 1.54) is 6.07 Å². The second-order valence-corrected chi connectivity index (χ2v) is 6.70. The van der Waals surface area contributed by atoms with Crippen molar-refractivity contribution in [2.75, 3.05) is 29.9 Å². The van der Waals surface area contributed by atoms with Gasteiger partial charge in [-0.05, 0) is 44.4 Å². The van der Waals surface area contributed by atoms with Gasteiger partial charge in [0, 0.05) is 25.2 Å². The lowest BCUT2D eigenvalue weighted by atomic mass is 9.96. The minimum absolute atomic E-state index is 0.115. The second kappa shape index (κ2) is 9.94. The number of esters is 1. The van der Waals surface area contributed by atoms with Crippen molar-refractivity contribution >= 4 is 29.2 Å². The minimum Gasteiger partial charge on any atom is -0.478 e. The summed E-state index contributed by atoms with van der Waals surface area (Å²) in [7, 11) is 0. The van der Waals surface area contributed by atoms with Crippen molar-refractivity contribution in [1.82, 2.24) is 0 Å². The van der Waals surface area contributed by atoms with Gasteiger partial charge >= 0.3 is 11.9 Å². The van der Waals surface area contributed by atoms with E-state index in [4.69, 9.17) is 4.74 Å². The Morgan fingerprint density at radius 3 is 2.52 bits per heavy atom. The van der Waals surface area contributed by atoms with Gasteiger partial charge in [0.2, 0.25) is 5.91 Å². The lowest BCUT2D eigenvalue weighted by Crippen LogP contribution is -2.37. The largest absolute Gasteiger partial charge is 0.478 e. The van der Waals surface area contributed by atoms with Gasteiger partial charge in [0.15, 0.2) is 0 Å². The Bertz CT molecular complexity index is 681. The summed E-state index contributed by atoms with van der Waals surface area (Å²) in [6, 6.07) is 4.95. The number of amides is 1. The van der Waals surface area contributed by atoms with Gasteiger partial charge < -0.3 is 20.1 Å². The zero-order chi connectivity index (χ0) is 19.8. The fourth-order valence-corrected chi connectivity index (χ4v) is 3.24. The van der Waals surface area contributed by atoms with Crippen molar-refractivity contribution in [3.8, 4) is 0 Å². The predicted octanol–water partition coefficient (Wildman–Crippen LogP) is 3.29. The van der Waals surface area contributed by atoms with Crippen LogP contribution in [-0.4, -0.2) is 42.6 Å². The van der Waals surface area contributed by atoms with Crippen LogP contribution >= 0.6 is 0 Å². The molecule has 0 aliphatic carbocycles. The molecule has 1 heterocycles. The molecule has 0 radical (unpaired) electrons. The molecular formula is C20H28N2O5. The van der Waals surface area contributed by atoms with Gasteiger partial charge in [0.1, 0.15) is 0 Å². The summed E-state index contributed by atoms with van der Waals surface area (Å²) in [6.45, 7) is 5.34. The maximum atomic E-state index is 11.9. The molecule has 0 spiro atoms. The number of carboxylic acid groups (broad SMARTS) is 1. The number of piperidine rings is 1. The van der Waals surface area contributed by atoms with Gasteiger partial charge in [0.25, 0.3) is 0 Å². The van der Waals surface area contributed by atoms with E-state index in [0.29, 0.717) is 50.3 Å². The smallest absolute Gasteiger partial charge is 0.337 e. The number of anilines is 2. The first-order chi connectivity index (χ1) is 13.0. The first-order valence-corrected chi connectivity index (χ1v) is 9.55. The summed E-state index contributed by atoms with van der Waals surface area (Å²) in [5.41, 5.74) is 1.24. The fraction of sp³-hybridized carbons (Fsp3) is 0.550. The zero-order valence-electron chi connectivity index (χ0n) is 16.0. The van der Waals surface area contributed by atoms with Gasteiger partial charge in [-0.15, -0.1) is 0 Å². The van der Waals surface area contributed by atoms with E-state index in [1.807, 2.05) is 11.8 Å². The van der Waals surface area contributed by atoms with Crippen molar-refractivity contribution in [1.29, 1.82) is 0 Å². The summed E-state index contributed by atoms with van der Waals surface area (Å²) < 4.78 is 5.07. The monoisotopic (exact) mass is 376 g/mol. The predicted molar refractivity (Wildman–Crippen MR) is 103 cm³/mol. The Morgan fingerprint density at radius 1 is 1.22 bits per heavy atom. The van der Waals surface area contributed by atoms with E-state index >= 15 is 0 Å². The maximum absolute atomic E-state index is 11.9. The van der Waals surface area contributed by atoms with Crippen molar-refractivity contribution in [2.24, 2.45) is 5.92 Å². The molecule has 1 aliphatic rings. The topological polar surface area (TPSA) is 95.9 Å². The molecule has 7 nitrogen and oxygen atoms in total. The van der Waals surface area contributed by atoms with Crippen molar-refractivity contribution in [2.45, 2.75) is 46.0 Å². The lowest BCUT2D eigenvalue weighted by molar-refractivity contribution is -0.148. The number of ether oxygens (including phenoxy) is 1. The number of carbonyl (C=O) groups is 3. The Hall–Kier alpha value is -2.57. The minimum atomic E-state index is -1.04. The van der Waals surface area contributed by atoms with Gasteiger partial charge in [-0.1, -0.05) is 13.3 Å². The molecular weight excluding hydrogens is 348 g/mol. The molecule has 1 saturated heterocycles. The summed E-state index contributed by atoms with van der Waals surface area (Å²) in [4.78, 5) is 37.4. The number of nitrogens with zero attached hydrogens (tertiary/aromatic N) is 1. The Morgan fingerprint density at radius 2 is 1.93 bits per heavy atom. The Labute approximate surface area is 159 Å². The number of nitrogens with one attached hydrogen (secondary N) is 1. The third-order valence-electron chi connectivity index (χ3n) is 4.72. The van der Waals surface area contributed by atoms with Crippen molar-refractivity contribution in [3.63, 3.8) is 0 Å². The fourth-order valence-electron chi connectivity index (χ4n) is 3.24. The van der Waals surface area contributed by atoms with Gasteiger partial charge in [0.05, 0.1) is 23.8 Å². The molecule has 0 atom stereocenters. The molecule has 27 heavy (non-hydrogen) atoms. The first kappa shape index (κ1) is 20.7. The van der Waals surface area contributed by atoms with Crippen LogP contribution in [0.5, 0.6) is 0 Å². The highest BCUT2D eigenvalue weighted by molar-refractivity contribution is 5.98. The van der Waals surface area contributed by atoms with E-state index in [9.17, 15) is 19.5 Å². The van der Waals surface area contributed by atoms with Gasteiger partial charge in [-0.3, -0.25) is 9.59 Å². The highest BCUT2D eigenvalue weighted by Gasteiger charge is 2.28. The molecule has 1 amide bonds. The maximum Gasteiger partial charge on any atom is 0.337 e. The third-order valence-corrected chi connectivity index (χ3v) is 4.72. The number of unbranched alkanes of at least 4 members (excludes halogenated alkanes) is 1. The molecule has 1 aliphatic heterocycles. The molecule has 0 bridgehead atoms. The molecule has 1 fully saturated rings. The highest BCUT2D eigenvalue weighted by atomic mass is 16.5. The third kappa shape index (κ3) is 5.70. The van der Waals surface area contributed by atoms with Crippen LogP contribution in [0.2, 0.25) is 0 Å². The number of hydrogen-bond acceptors (Lipinski definition) is 5. The molecule has 1 aromatic rings. The molecule has 2 N–H and O–H groups in total. The standard InChI is InChI=1S/C20H28N2O5/c1-3-5-6-18(23)21-15-7-8-17(16(13-15)19(24)25)22-11-9-14(10-12-22)20(26)27-4-2/h7-8,13-14H,3-6,9-12H2,1-2H3,(H,21,23)(H,24,25). The summed E-state index contributed by atoms with van der Waals surface area (Å²) in [6.07, 6.45) is 3.41. The van der Waals surface area contributed by atoms with Gasteiger partial charge in [-0.25, -0.2) is 4.79 Å². The van der Waals surface area contributed by atoms with E-state index in [-0.39, 0.29) is 23.4 Å². The first-order valence-electron chi connectivity index (χ1n) is 9.55. The van der Waals surface area contributed by atoms with Crippen molar-refractivity contribution < 1.29 is 24.2 Å². The SMILES string of the molecule is CCCCC(=O)Nc1ccc(N2CCC(C(=O)OCC)CC2)c(C(=O)O)c1. The van der Waals surface area contributed by atoms with E-state index in [2.05, 4.69) is 5.32 Å². The molecule has 0 saturated carbocycles. The quantitative estimate of drug-likeness (QED) is 0.676. The number of carbonyl (C=O) groups excluding carboxylic acids is 2. The normalized spacial score (nSPS) is 14.7. The molecule has 0 unspecified atom stereocenters. The summed E-state index contributed by atoms with van der Waals surface area (Å²) in [5.74, 6) is -1.47. The molecule has 2 rings (SSSR count). The van der Waals surface area contributed by atoms with Crippen molar-refractivity contribution in [3.05, 3.63) is 23.8 Å². The molecule has 148 valence electrons. The van der Waals surface area contributed by atoms with E-state index < -0.39 is 5.97 Å². The van der Waals surface area contributed by atoms with Crippen LogP contribution in [0.15, 0.2) is 18.2 Å². The average Bonchev–Trinajstić information content (AvgIpc) is 2.66. The number of carboxylic acids is 1. The van der Waals surface area contributed by atoms with E-state index in [1.54, 1.807) is 19.1 Å². The van der Waals surface area contributed by atoms with Crippen LogP contribution in [0, 0.1) is 5.92 Å². The Balaban J connectivity index is 2.08. The van der Waals surface area contributed by atoms with E-state index in [0.717, 1.165) is 12.8 Å². The highest BCUT2D eigenvalue weighted by Crippen LogP contribution is 2.29. The second-order valence-electron chi connectivity index (χ2n) is 6.70. The number of aromatic carboxylic acids is 1. The number of hydrogen-bond donors (Lipinski definition) is 2. The zero-order valence-corrected chi connectivity index (χ0v) is 16.0. The summed E-state index contributed by atoms with van der Waals surface area (Å²) >= 11 is 0. The van der Waals surface area contributed by atoms with Crippen LogP contribution < -0.4 is 10.2 Å².